The van der Waals surface area contributed by atoms with Gasteiger partial charge >= 0.3 is 6.09 Å². The predicted molar refractivity (Wildman–Crippen MR) is 168 cm³/mol. The van der Waals surface area contributed by atoms with Gasteiger partial charge in [0, 0.05) is 23.5 Å². The number of nitrogens with zero attached hydrogens (tertiary/aromatic N) is 2. The standard InChI is InChI=1S/C32H34FN5O6S/c1-32(2,43)21-11-12-23(25(33)15-21)26-16-24(29(34)41)30(45-26)37-27-10-6-9-22(36-27)18-38(17-20-7-4-3-5-8-20)31(42)44-19-28(40)35-13-14-39/h3-12,15-16,39,43H,13-14,17-19H2,1-2H3,(H2,34,41)(H,35,40)(H,36,37). The highest BCUT2D eigenvalue weighted by Crippen LogP contribution is 2.38. The summed E-state index contributed by atoms with van der Waals surface area (Å²) < 4.78 is 20.3. The topological polar surface area (TPSA) is 167 Å². The number of aliphatic hydroxyl groups is 2. The molecule has 0 radical (unpaired) electrons. The lowest BCUT2D eigenvalue weighted by molar-refractivity contribution is -0.124. The zero-order chi connectivity index (χ0) is 32.6. The molecule has 0 saturated heterocycles. The van der Waals surface area contributed by atoms with Gasteiger partial charge in [0.1, 0.15) is 16.6 Å². The highest BCUT2D eigenvalue weighted by Gasteiger charge is 2.22. The molecule has 0 saturated carbocycles. The molecule has 0 atom stereocenters. The molecule has 0 aliphatic rings. The van der Waals surface area contributed by atoms with Crippen LogP contribution in [0.2, 0.25) is 0 Å². The van der Waals surface area contributed by atoms with Crippen LogP contribution in [0.25, 0.3) is 10.4 Å². The van der Waals surface area contributed by atoms with E-state index in [1.165, 1.54) is 17.0 Å². The highest BCUT2D eigenvalue weighted by atomic mass is 32.1. The molecule has 13 heteroatoms. The van der Waals surface area contributed by atoms with Crippen molar-refractivity contribution in [1.82, 2.24) is 15.2 Å². The van der Waals surface area contributed by atoms with Gasteiger partial charge in [-0.3, -0.25) is 14.5 Å². The Hall–Kier alpha value is -4.85. The summed E-state index contributed by atoms with van der Waals surface area (Å²) in [5.41, 5.74) is 6.51. The van der Waals surface area contributed by atoms with Crippen LogP contribution in [0.15, 0.2) is 72.8 Å². The van der Waals surface area contributed by atoms with Gasteiger partial charge in [-0.05, 0) is 49.2 Å². The minimum absolute atomic E-state index is 0.0264. The summed E-state index contributed by atoms with van der Waals surface area (Å²) in [5, 5.41) is 25.0. The summed E-state index contributed by atoms with van der Waals surface area (Å²) >= 11 is 1.11. The Labute approximate surface area is 263 Å². The van der Waals surface area contributed by atoms with Gasteiger partial charge in [-0.25, -0.2) is 14.2 Å². The minimum Gasteiger partial charge on any atom is -0.439 e. The average Bonchev–Trinajstić information content (AvgIpc) is 3.42. The van der Waals surface area contributed by atoms with Crippen LogP contribution in [0, 0.1) is 5.82 Å². The van der Waals surface area contributed by atoms with Gasteiger partial charge < -0.3 is 31.3 Å². The lowest BCUT2D eigenvalue weighted by Crippen LogP contribution is -2.35. The zero-order valence-corrected chi connectivity index (χ0v) is 25.6. The van der Waals surface area contributed by atoms with E-state index in [-0.39, 0.29) is 37.4 Å². The minimum atomic E-state index is -1.22. The molecule has 45 heavy (non-hydrogen) atoms. The number of amides is 3. The number of pyridine rings is 1. The van der Waals surface area contributed by atoms with Crippen molar-refractivity contribution in [3.05, 3.63) is 101 Å². The number of ether oxygens (including phenoxy) is 1. The van der Waals surface area contributed by atoms with Crippen molar-refractivity contribution in [3.8, 4) is 10.4 Å². The Bertz CT molecular complexity index is 1660. The summed E-state index contributed by atoms with van der Waals surface area (Å²) in [6.07, 6.45) is -0.741. The Kier molecular flexibility index (Phi) is 10.8. The van der Waals surface area contributed by atoms with Gasteiger partial charge in [0.2, 0.25) is 0 Å². The van der Waals surface area contributed by atoms with Crippen molar-refractivity contribution >= 4 is 40.1 Å². The van der Waals surface area contributed by atoms with Crippen LogP contribution in [0.5, 0.6) is 0 Å². The first-order chi connectivity index (χ1) is 21.4. The number of carbonyl (C=O) groups is 3. The van der Waals surface area contributed by atoms with E-state index < -0.39 is 35.9 Å². The Balaban J connectivity index is 1.55. The molecule has 0 bridgehead atoms. The van der Waals surface area contributed by atoms with E-state index in [0.29, 0.717) is 27.0 Å². The molecule has 2 heterocycles. The number of hydrogen-bond donors (Lipinski definition) is 5. The summed E-state index contributed by atoms with van der Waals surface area (Å²) in [6.45, 7) is 2.61. The third-order valence-electron chi connectivity index (χ3n) is 6.57. The smallest absolute Gasteiger partial charge is 0.410 e. The summed E-state index contributed by atoms with van der Waals surface area (Å²) in [7, 11) is 0. The van der Waals surface area contributed by atoms with E-state index in [0.717, 1.165) is 16.9 Å². The number of hydrogen-bond acceptors (Lipinski definition) is 9. The number of primary amides is 1. The van der Waals surface area contributed by atoms with Crippen LogP contribution in [-0.2, 0) is 28.2 Å². The maximum atomic E-state index is 15.1. The van der Waals surface area contributed by atoms with Crippen molar-refractivity contribution in [2.45, 2.75) is 32.5 Å². The number of anilines is 2. The van der Waals surface area contributed by atoms with Crippen molar-refractivity contribution in [3.63, 3.8) is 0 Å². The molecule has 2 aromatic heterocycles. The molecule has 3 amide bonds. The van der Waals surface area contributed by atoms with Crippen LogP contribution >= 0.6 is 11.3 Å². The molecule has 0 spiro atoms. The second-order valence-corrected chi connectivity index (χ2v) is 11.6. The van der Waals surface area contributed by atoms with Gasteiger partial charge in [0.25, 0.3) is 11.8 Å². The van der Waals surface area contributed by atoms with Crippen LogP contribution < -0.4 is 16.4 Å². The fourth-order valence-corrected chi connectivity index (χ4v) is 5.40. The van der Waals surface area contributed by atoms with E-state index in [2.05, 4.69) is 15.6 Å². The number of aliphatic hydroxyl groups excluding tert-OH is 1. The van der Waals surface area contributed by atoms with Crippen molar-refractivity contribution in [1.29, 1.82) is 0 Å². The molecule has 11 nitrogen and oxygen atoms in total. The number of nitrogens with one attached hydrogen (secondary N) is 2. The van der Waals surface area contributed by atoms with Crippen molar-refractivity contribution in [2.75, 3.05) is 25.1 Å². The quantitative estimate of drug-likeness (QED) is 0.145. The van der Waals surface area contributed by atoms with Crippen LogP contribution in [0.4, 0.5) is 20.0 Å². The number of halogens is 1. The lowest BCUT2D eigenvalue weighted by atomic mass is 9.96. The number of nitrogens with two attached hydrogens (primary N) is 1. The van der Waals surface area contributed by atoms with Gasteiger partial charge in [-0.15, -0.1) is 11.3 Å². The molecular weight excluding hydrogens is 601 g/mol. The predicted octanol–water partition coefficient (Wildman–Crippen LogP) is 4.27. The molecular formula is C32H34FN5O6S. The Morgan fingerprint density at radius 2 is 1.80 bits per heavy atom. The normalized spacial score (nSPS) is 11.1. The molecule has 236 valence electrons. The molecule has 4 aromatic rings. The zero-order valence-electron chi connectivity index (χ0n) is 24.7. The first-order valence-electron chi connectivity index (χ1n) is 14.0. The van der Waals surface area contributed by atoms with Crippen molar-refractivity contribution in [2.24, 2.45) is 5.73 Å². The van der Waals surface area contributed by atoms with E-state index in [9.17, 15) is 19.5 Å². The first-order valence-corrected chi connectivity index (χ1v) is 14.8. The summed E-state index contributed by atoms with van der Waals surface area (Å²) in [6, 6.07) is 20.2. The maximum absolute atomic E-state index is 15.1. The number of rotatable bonds is 13. The molecule has 6 N–H and O–H groups in total. The summed E-state index contributed by atoms with van der Waals surface area (Å²) in [5.74, 6) is -1.48. The molecule has 0 unspecified atom stereocenters. The largest absolute Gasteiger partial charge is 0.439 e. The SMILES string of the molecule is CC(C)(O)c1ccc(-c2cc(C(N)=O)c(Nc3cccc(CN(Cc4ccccc4)C(=O)OCC(=O)NCCO)n3)s2)c(F)c1. The number of benzene rings is 2. The molecule has 0 fully saturated rings. The van der Waals surface area contributed by atoms with Gasteiger partial charge in [-0.1, -0.05) is 48.5 Å². The van der Waals surface area contributed by atoms with E-state index in [1.54, 1.807) is 44.2 Å². The van der Waals surface area contributed by atoms with Crippen LogP contribution in [-0.4, -0.2) is 57.8 Å². The lowest BCUT2D eigenvalue weighted by Gasteiger charge is -2.22. The number of thiophene rings is 1. The third kappa shape index (κ3) is 9.08. The average molecular weight is 636 g/mol. The second-order valence-electron chi connectivity index (χ2n) is 10.6. The van der Waals surface area contributed by atoms with E-state index >= 15 is 4.39 Å². The van der Waals surface area contributed by atoms with Gasteiger partial charge in [-0.2, -0.15) is 0 Å². The van der Waals surface area contributed by atoms with Crippen LogP contribution in [0.3, 0.4) is 0 Å². The second kappa shape index (κ2) is 14.8. The Morgan fingerprint density at radius 3 is 2.47 bits per heavy atom. The summed E-state index contributed by atoms with van der Waals surface area (Å²) in [4.78, 5) is 43.6. The van der Waals surface area contributed by atoms with Gasteiger partial charge in [0.05, 0.1) is 30.0 Å². The molecule has 0 aliphatic carbocycles. The fraction of sp³-hybridized carbons (Fsp3) is 0.250. The van der Waals surface area contributed by atoms with Crippen LogP contribution in [0.1, 0.15) is 41.0 Å². The Morgan fingerprint density at radius 1 is 1.04 bits per heavy atom. The highest BCUT2D eigenvalue weighted by molar-refractivity contribution is 7.20. The number of carbonyl (C=O) groups excluding carboxylic acids is 3. The van der Waals surface area contributed by atoms with Gasteiger partial charge in [0.15, 0.2) is 6.61 Å². The monoisotopic (exact) mass is 635 g/mol. The molecule has 0 aliphatic heterocycles. The van der Waals surface area contributed by atoms with E-state index in [1.807, 2.05) is 30.3 Å². The van der Waals surface area contributed by atoms with E-state index in [4.69, 9.17) is 15.6 Å². The maximum Gasteiger partial charge on any atom is 0.410 e. The molecule has 2 aromatic carbocycles. The first kappa shape index (κ1) is 33.1. The van der Waals surface area contributed by atoms with Crippen molar-refractivity contribution < 1.29 is 33.7 Å². The fourth-order valence-electron chi connectivity index (χ4n) is 4.30. The number of aromatic nitrogens is 1. The third-order valence-corrected chi connectivity index (χ3v) is 7.66. The molecule has 4 rings (SSSR count).